The van der Waals surface area contributed by atoms with Crippen molar-refractivity contribution in [3.63, 3.8) is 0 Å². The van der Waals surface area contributed by atoms with Crippen molar-refractivity contribution in [3.05, 3.63) is 36.0 Å². The van der Waals surface area contributed by atoms with E-state index in [9.17, 15) is 0 Å². The van der Waals surface area contributed by atoms with Gasteiger partial charge in [0.05, 0.1) is 19.0 Å². The first-order chi connectivity index (χ1) is 8.43. The fourth-order valence-corrected chi connectivity index (χ4v) is 2.40. The Labute approximate surface area is 99.8 Å². The molecule has 0 bridgehead atoms. The number of furan rings is 1. The van der Waals surface area contributed by atoms with Gasteiger partial charge >= 0.3 is 0 Å². The number of nitrogens with zero attached hydrogens (tertiary/aromatic N) is 3. The van der Waals surface area contributed by atoms with Crippen LogP contribution in [0.3, 0.4) is 0 Å². The minimum Gasteiger partial charge on any atom is -0.469 e. The van der Waals surface area contributed by atoms with Crippen LogP contribution in [0.25, 0.3) is 0 Å². The molecule has 1 aliphatic carbocycles. The van der Waals surface area contributed by atoms with E-state index in [0.717, 1.165) is 25.3 Å². The number of fused-ring (bicyclic) bond motifs is 1. The summed E-state index contributed by atoms with van der Waals surface area (Å²) in [5.41, 5.74) is 1.33. The van der Waals surface area contributed by atoms with Gasteiger partial charge in [-0.25, -0.2) is 0 Å². The van der Waals surface area contributed by atoms with Gasteiger partial charge in [0.1, 0.15) is 5.76 Å². The summed E-state index contributed by atoms with van der Waals surface area (Å²) in [6.45, 7) is 1.75. The molecule has 17 heavy (non-hydrogen) atoms. The Hall–Kier alpha value is -1.62. The Morgan fingerprint density at radius 1 is 1.53 bits per heavy atom. The zero-order valence-electron chi connectivity index (χ0n) is 9.67. The third-order valence-electron chi connectivity index (χ3n) is 3.26. The lowest BCUT2D eigenvalue weighted by atomic mass is 9.93. The van der Waals surface area contributed by atoms with E-state index in [1.807, 2.05) is 10.9 Å². The van der Waals surface area contributed by atoms with Crippen molar-refractivity contribution in [1.82, 2.24) is 20.3 Å². The van der Waals surface area contributed by atoms with E-state index >= 15 is 0 Å². The molecule has 0 saturated heterocycles. The average Bonchev–Trinajstić information content (AvgIpc) is 2.99. The molecule has 2 aromatic rings. The topological polar surface area (TPSA) is 55.9 Å². The van der Waals surface area contributed by atoms with Gasteiger partial charge in [-0.1, -0.05) is 5.21 Å². The van der Waals surface area contributed by atoms with E-state index in [-0.39, 0.29) is 0 Å². The summed E-state index contributed by atoms with van der Waals surface area (Å²) in [4.78, 5) is 0. The summed E-state index contributed by atoms with van der Waals surface area (Å²) in [5.74, 6) is 1.15. The molecule has 1 unspecified atom stereocenters. The van der Waals surface area contributed by atoms with E-state index in [4.69, 9.17) is 4.42 Å². The minimum absolute atomic E-state index is 0.432. The largest absolute Gasteiger partial charge is 0.469 e. The van der Waals surface area contributed by atoms with Gasteiger partial charge in [0.2, 0.25) is 0 Å². The second-order valence-electron chi connectivity index (χ2n) is 4.36. The van der Waals surface area contributed by atoms with Crippen LogP contribution in [0.2, 0.25) is 0 Å². The third kappa shape index (κ3) is 2.24. The third-order valence-corrected chi connectivity index (χ3v) is 3.26. The predicted octanol–water partition coefficient (Wildman–Crippen LogP) is 1.54. The van der Waals surface area contributed by atoms with Crippen LogP contribution in [-0.2, 0) is 13.0 Å². The zero-order chi connectivity index (χ0) is 11.5. The number of hydrogen-bond acceptors (Lipinski definition) is 4. The molecule has 0 spiro atoms. The van der Waals surface area contributed by atoms with Crippen LogP contribution in [0.4, 0.5) is 0 Å². The van der Waals surface area contributed by atoms with Gasteiger partial charge in [0.25, 0.3) is 0 Å². The number of nitrogens with one attached hydrogen (secondary N) is 1. The second kappa shape index (κ2) is 4.71. The van der Waals surface area contributed by atoms with Gasteiger partial charge in [0.15, 0.2) is 0 Å². The van der Waals surface area contributed by atoms with Crippen LogP contribution < -0.4 is 5.32 Å². The van der Waals surface area contributed by atoms with Crippen LogP contribution in [-0.4, -0.2) is 21.5 Å². The molecule has 0 aromatic carbocycles. The van der Waals surface area contributed by atoms with E-state index in [0.29, 0.717) is 6.04 Å². The maximum atomic E-state index is 5.47. The highest BCUT2D eigenvalue weighted by Gasteiger charge is 2.21. The molecule has 1 N–H and O–H groups in total. The molecule has 5 heteroatoms. The molecule has 1 aliphatic rings. The van der Waals surface area contributed by atoms with Crippen molar-refractivity contribution in [2.45, 2.75) is 31.8 Å². The maximum Gasteiger partial charge on any atom is 0.108 e. The molecule has 1 atom stereocenters. The fraction of sp³-hybridized carbons (Fsp3) is 0.500. The fourth-order valence-electron chi connectivity index (χ4n) is 2.40. The van der Waals surface area contributed by atoms with Crippen LogP contribution in [0.5, 0.6) is 0 Å². The zero-order valence-corrected chi connectivity index (χ0v) is 9.67. The van der Waals surface area contributed by atoms with E-state index in [1.165, 1.54) is 18.4 Å². The standard InChI is InChI=1S/C12H16N4O/c1-2-11(10-4-9-17-12(10)3-1)13-5-7-16-8-6-14-15-16/h4,6,8-9,11,13H,1-3,5,7H2. The van der Waals surface area contributed by atoms with Crippen LogP contribution >= 0.6 is 0 Å². The Bertz CT molecular complexity index is 463. The van der Waals surface area contributed by atoms with Crippen molar-refractivity contribution < 1.29 is 4.42 Å². The lowest BCUT2D eigenvalue weighted by molar-refractivity contribution is 0.400. The molecular formula is C12H16N4O. The Morgan fingerprint density at radius 2 is 2.53 bits per heavy atom. The van der Waals surface area contributed by atoms with Crippen LogP contribution in [0.1, 0.15) is 30.2 Å². The van der Waals surface area contributed by atoms with E-state index in [2.05, 4.69) is 21.7 Å². The molecular weight excluding hydrogens is 216 g/mol. The number of rotatable bonds is 4. The lowest BCUT2D eigenvalue weighted by Gasteiger charge is -2.22. The summed E-state index contributed by atoms with van der Waals surface area (Å²) >= 11 is 0. The van der Waals surface area contributed by atoms with Gasteiger partial charge < -0.3 is 9.73 Å². The van der Waals surface area contributed by atoms with Crippen LogP contribution in [0.15, 0.2) is 29.1 Å². The quantitative estimate of drug-likeness (QED) is 0.868. The smallest absolute Gasteiger partial charge is 0.108 e. The first-order valence-electron chi connectivity index (χ1n) is 6.07. The first kappa shape index (κ1) is 10.5. The monoisotopic (exact) mass is 232 g/mol. The SMILES string of the molecule is c1cn(CCNC2CCCc3occc32)nn1. The average molecular weight is 232 g/mol. The van der Waals surface area contributed by atoms with Gasteiger partial charge in [-0.2, -0.15) is 0 Å². The highest BCUT2D eigenvalue weighted by Crippen LogP contribution is 2.30. The molecule has 0 aliphatic heterocycles. The number of hydrogen-bond donors (Lipinski definition) is 1. The van der Waals surface area contributed by atoms with Gasteiger partial charge in [-0.15, -0.1) is 5.10 Å². The van der Waals surface area contributed by atoms with Gasteiger partial charge in [-0.05, 0) is 18.9 Å². The second-order valence-corrected chi connectivity index (χ2v) is 4.36. The number of aromatic nitrogens is 3. The molecule has 5 nitrogen and oxygen atoms in total. The number of aryl methyl sites for hydroxylation is 1. The minimum atomic E-state index is 0.432. The van der Waals surface area contributed by atoms with Crippen molar-refractivity contribution in [2.75, 3.05) is 6.54 Å². The first-order valence-corrected chi connectivity index (χ1v) is 6.07. The van der Waals surface area contributed by atoms with Gasteiger partial charge in [0, 0.05) is 30.8 Å². The summed E-state index contributed by atoms with van der Waals surface area (Å²) in [7, 11) is 0. The molecule has 3 rings (SSSR count). The molecule has 0 radical (unpaired) electrons. The van der Waals surface area contributed by atoms with Gasteiger partial charge in [-0.3, -0.25) is 4.68 Å². The molecule has 90 valence electrons. The van der Waals surface area contributed by atoms with Crippen LogP contribution in [0, 0.1) is 0 Å². The highest BCUT2D eigenvalue weighted by molar-refractivity contribution is 5.23. The Kier molecular flexibility index (Phi) is 2.92. The normalized spacial score (nSPS) is 19.2. The Balaban J connectivity index is 1.57. The van der Waals surface area contributed by atoms with Crippen molar-refractivity contribution >= 4 is 0 Å². The van der Waals surface area contributed by atoms with Crippen molar-refractivity contribution in [3.8, 4) is 0 Å². The molecule has 0 saturated carbocycles. The maximum absolute atomic E-state index is 5.47. The highest BCUT2D eigenvalue weighted by atomic mass is 16.3. The molecule has 0 fully saturated rings. The lowest BCUT2D eigenvalue weighted by Crippen LogP contribution is -2.27. The summed E-state index contributed by atoms with van der Waals surface area (Å²) in [6, 6.07) is 2.52. The summed E-state index contributed by atoms with van der Waals surface area (Å²) < 4.78 is 7.31. The molecule has 0 amide bonds. The van der Waals surface area contributed by atoms with Crippen molar-refractivity contribution in [1.29, 1.82) is 0 Å². The van der Waals surface area contributed by atoms with E-state index in [1.54, 1.807) is 12.5 Å². The predicted molar refractivity (Wildman–Crippen MR) is 62.4 cm³/mol. The van der Waals surface area contributed by atoms with E-state index < -0.39 is 0 Å². The summed E-state index contributed by atoms with van der Waals surface area (Å²) in [5, 5.41) is 11.3. The van der Waals surface area contributed by atoms with Crippen molar-refractivity contribution in [2.24, 2.45) is 0 Å². The summed E-state index contributed by atoms with van der Waals surface area (Å²) in [6.07, 6.45) is 8.83. The molecule has 2 aromatic heterocycles. The Morgan fingerprint density at radius 3 is 3.41 bits per heavy atom. The molecule has 2 heterocycles.